The quantitative estimate of drug-likeness (QED) is 0.291. The summed E-state index contributed by atoms with van der Waals surface area (Å²) in [5.41, 5.74) is 2.31. The molecule has 1 heterocycles. The van der Waals surface area contributed by atoms with Crippen LogP contribution in [0.1, 0.15) is 42.3 Å². The summed E-state index contributed by atoms with van der Waals surface area (Å²) in [5.74, 6) is -1.92. The summed E-state index contributed by atoms with van der Waals surface area (Å²) in [6.45, 7) is 0.250. The number of hydrogen-bond donors (Lipinski definition) is 0. The third-order valence-corrected chi connectivity index (χ3v) is 5.52. The van der Waals surface area contributed by atoms with Crippen LogP contribution >= 0.6 is 0 Å². The van der Waals surface area contributed by atoms with Gasteiger partial charge in [-0.1, -0.05) is 91.0 Å². The molecule has 0 N–H and O–H groups in total. The Kier molecular flexibility index (Phi) is 6.69. The first-order valence-corrected chi connectivity index (χ1v) is 10.7. The van der Waals surface area contributed by atoms with E-state index in [1.54, 1.807) is 34.9 Å². The standard InChI is InChI=1S/C28H23NO5/c1-33-27(31)22-23(28(32)34-2)25(26(30)21-16-10-5-11-17-21)29(18-19-12-6-3-7-13-19)24(22)20-14-8-4-9-15-20/h3-17H,18H2,1-2H3. The number of ketones is 1. The molecule has 4 aromatic rings. The number of aromatic nitrogens is 1. The molecule has 0 aliphatic carbocycles. The third-order valence-electron chi connectivity index (χ3n) is 5.52. The lowest BCUT2D eigenvalue weighted by Gasteiger charge is -2.14. The van der Waals surface area contributed by atoms with Crippen molar-refractivity contribution in [3.8, 4) is 11.3 Å². The Morgan fingerprint density at radius 1 is 0.676 bits per heavy atom. The van der Waals surface area contributed by atoms with Crippen molar-refractivity contribution < 1.29 is 23.9 Å². The van der Waals surface area contributed by atoms with Crippen molar-refractivity contribution >= 4 is 17.7 Å². The van der Waals surface area contributed by atoms with E-state index in [2.05, 4.69) is 0 Å². The van der Waals surface area contributed by atoms with Crippen molar-refractivity contribution in [1.29, 1.82) is 0 Å². The summed E-state index contributed by atoms with van der Waals surface area (Å²) in [4.78, 5) is 40.0. The van der Waals surface area contributed by atoms with E-state index in [9.17, 15) is 14.4 Å². The van der Waals surface area contributed by atoms with E-state index < -0.39 is 17.7 Å². The predicted molar refractivity (Wildman–Crippen MR) is 128 cm³/mol. The highest BCUT2D eigenvalue weighted by Crippen LogP contribution is 2.35. The molecule has 0 aliphatic heterocycles. The highest BCUT2D eigenvalue weighted by atomic mass is 16.5. The second-order valence-electron chi connectivity index (χ2n) is 7.56. The van der Waals surface area contributed by atoms with Gasteiger partial charge in [-0.15, -0.1) is 0 Å². The van der Waals surface area contributed by atoms with Crippen LogP contribution in [0.4, 0.5) is 0 Å². The molecular weight excluding hydrogens is 430 g/mol. The van der Waals surface area contributed by atoms with Crippen molar-refractivity contribution in [3.05, 3.63) is 119 Å². The zero-order chi connectivity index (χ0) is 24.1. The number of esters is 2. The molecule has 6 heteroatoms. The average molecular weight is 453 g/mol. The van der Waals surface area contributed by atoms with Crippen molar-refractivity contribution in [1.82, 2.24) is 4.57 Å². The molecule has 1 aromatic heterocycles. The molecule has 0 bridgehead atoms. The first-order chi connectivity index (χ1) is 16.6. The van der Waals surface area contributed by atoms with E-state index in [1.165, 1.54) is 14.2 Å². The fourth-order valence-electron chi connectivity index (χ4n) is 4.00. The highest BCUT2D eigenvalue weighted by Gasteiger charge is 2.36. The maximum absolute atomic E-state index is 13.8. The van der Waals surface area contributed by atoms with Crippen LogP contribution in [0.2, 0.25) is 0 Å². The van der Waals surface area contributed by atoms with Gasteiger partial charge in [0.1, 0.15) is 16.8 Å². The van der Waals surface area contributed by atoms with Crippen LogP contribution in [0.15, 0.2) is 91.0 Å². The van der Waals surface area contributed by atoms with Crippen LogP contribution in [0.3, 0.4) is 0 Å². The van der Waals surface area contributed by atoms with E-state index in [0.29, 0.717) is 16.8 Å². The largest absolute Gasteiger partial charge is 0.465 e. The van der Waals surface area contributed by atoms with Gasteiger partial charge < -0.3 is 14.0 Å². The van der Waals surface area contributed by atoms with E-state index in [4.69, 9.17) is 9.47 Å². The first kappa shape index (κ1) is 22.7. The van der Waals surface area contributed by atoms with Crippen LogP contribution in [0.25, 0.3) is 11.3 Å². The number of carbonyl (C=O) groups excluding carboxylic acids is 3. The Labute approximate surface area is 197 Å². The topological polar surface area (TPSA) is 74.6 Å². The fourth-order valence-corrected chi connectivity index (χ4v) is 4.00. The van der Waals surface area contributed by atoms with Gasteiger partial charge in [0.15, 0.2) is 0 Å². The van der Waals surface area contributed by atoms with Crippen molar-refractivity contribution in [3.63, 3.8) is 0 Å². The number of hydrogen-bond acceptors (Lipinski definition) is 5. The predicted octanol–water partition coefficient (Wildman–Crippen LogP) is 5.01. The van der Waals surface area contributed by atoms with Crippen molar-refractivity contribution in [2.45, 2.75) is 6.54 Å². The molecule has 0 amide bonds. The molecule has 3 aromatic carbocycles. The van der Waals surface area contributed by atoms with Crippen LogP contribution in [0, 0.1) is 0 Å². The molecule has 170 valence electrons. The third kappa shape index (κ3) is 4.26. The Balaban J connectivity index is 2.12. The van der Waals surface area contributed by atoms with Gasteiger partial charge in [0.2, 0.25) is 5.78 Å². The summed E-state index contributed by atoms with van der Waals surface area (Å²) in [5, 5.41) is 0. The van der Waals surface area contributed by atoms with E-state index in [-0.39, 0.29) is 23.4 Å². The summed E-state index contributed by atoms with van der Waals surface area (Å²) in [6.07, 6.45) is 0. The number of nitrogens with zero attached hydrogens (tertiary/aromatic N) is 1. The smallest absolute Gasteiger partial charge is 0.341 e. The zero-order valence-corrected chi connectivity index (χ0v) is 18.9. The van der Waals surface area contributed by atoms with Gasteiger partial charge in [0.25, 0.3) is 0 Å². The molecule has 6 nitrogen and oxygen atoms in total. The van der Waals surface area contributed by atoms with Crippen LogP contribution in [-0.4, -0.2) is 36.5 Å². The van der Waals surface area contributed by atoms with E-state index in [1.807, 2.05) is 60.7 Å². The van der Waals surface area contributed by atoms with Crippen molar-refractivity contribution in [2.75, 3.05) is 14.2 Å². The highest BCUT2D eigenvalue weighted by molar-refractivity contribution is 6.19. The van der Waals surface area contributed by atoms with Crippen molar-refractivity contribution in [2.24, 2.45) is 0 Å². The number of ether oxygens (including phenoxy) is 2. The van der Waals surface area contributed by atoms with Crippen LogP contribution in [0.5, 0.6) is 0 Å². The monoisotopic (exact) mass is 453 g/mol. The minimum Gasteiger partial charge on any atom is -0.465 e. The van der Waals surface area contributed by atoms with Gasteiger partial charge in [-0.25, -0.2) is 9.59 Å². The van der Waals surface area contributed by atoms with Gasteiger partial charge >= 0.3 is 11.9 Å². The van der Waals surface area contributed by atoms with Gasteiger partial charge in [-0.05, 0) is 11.1 Å². The molecule has 34 heavy (non-hydrogen) atoms. The van der Waals surface area contributed by atoms with Crippen LogP contribution < -0.4 is 0 Å². The Hall–Kier alpha value is -4.45. The Bertz CT molecular complexity index is 1330. The zero-order valence-electron chi connectivity index (χ0n) is 18.9. The molecule has 0 atom stereocenters. The number of benzene rings is 3. The molecule has 0 radical (unpaired) electrons. The summed E-state index contributed by atoms with van der Waals surface area (Å²) < 4.78 is 11.8. The molecule has 0 aliphatic rings. The number of rotatable bonds is 7. The maximum atomic E-state index is 13.8. The normalized spacial score (nSPS) is 10.5. The fraction of sp³-hybridized carbons (Fsp3) is 0.107. The molecule has 0 unspecified atom stereocenters. The summed E-state index contributed by atoms with van der Waals surface area (Å²) in [7, 11) is 2.46. The minimum absolute atomic E-state index is 0.00392. The lowest BCUT2D eigenvalue weighted by molar-refractivity contribution is 0.0556. The summed E-state index contributed by atoms with van der Waals surface area (Å²) in [6, 6.07) is 27.3. The number of methoxy groups -OCH3 is 2. The second-order valence-corrected chi connectivity index (χ2v) is 7.56. The van der Waals surface area contributed by atoms with Gasteiger partial charge in [0.05, 0.1) is 19.9 Å². The molecule has 4 rings (SSSR count). The Morgan fingerprint density at radius 3 is 1.74 bits per heavy atom. The molecule has 0 saturated heterocycles. The number of carbonyl (C=O) groups is 3. The lowest BCUT2D eigenvalue weighted by atomic mass is 10.0. The molecule has 0 spiro atoms. The maximum Gasteiger partial charge on any atom is 0.341 e. The van der Waals surface area contributed by atoms with Gasteiger partial charge in [-0.3, -0.25) is 4.79 Å². The Morgan fingerprint density at radius 2 is 1.18 bits per heavy atom. The van der Waals surface area contributed by atoms with Gasteiger partial charge in [0, 0.05) is 12.1 Å². The van der Waals surface area contributed by atoms with E-state index >= 15 is 0 Å². The summed E-state index contributed by atoms with van der Waals surface area (Å²) >= 11 is 0. The molecular formula is C28H23NO5. The SMILES string of the molecule is COC(=O)c1c(C(=O)OC)c(-c2ccccc2)n(Cc2ccccc2)c1C(=O)c1ccccc1. The van der Waals surface area contributed by atoms with Crippen LogP contribution in [-0.2, 0) is 16.0 Å². The molecule has 0 fully saturated rings. The average Bonchev–Trinajstić information content (AvgIpc) is 3.23. The van der Waals surface area contributed by atoms with E-state index in [0.717, 1.165) is 5.56 Å². The first-order valence-electron chi connectivity index (χ1n) is 10.7. The lowest BCUT2D eigenvalue weighted by Crippen LogP contribution is -2.17. The second kappa shape index (κ2) is 10.0. The minimum atomic E-state index is -0.788. The molecule has 0 saturated carbocycles. The van der Waals surface area contributed by atoms with Gasteiger partial charge in [-0.2, -0.15) is 0 Å².